The summed E-state index contributed by atoms with van der Waals surface area (Å²) in [7, 11) is 0. The molecule has 28 heavy (non-hydrogen) atoms. The summed E-state index contributed by atoms with van der Waals surface area (Å²) in [6.45, 7) is 6.25. The Morgan fingerprint density at radius 2 is 2.00 bits per heavy atom. The Labute approximate surface area is 163 Å². The van der Waals surface area contributed by atoms with Gasteiger partial charge in [0, 0.05) is 32.0 Å². The maximum absolute atomic E-state index is 5.46. The number of rotatable bonds is 5. The number of benzene rings is 1. The van der Waals surface area contributed by atoms with Crippen molar-refractivity contribution in [2.75, 3.05) is 49.9 Å². The monoisotopic (exact) mass is 381 g/mol. The third kappa shape index (κ3) is 3.09. The summed E-state index contributed by atoms with van der Waals surface area (Å²) in [6, 6.07) is 6.10. The number of morpholine rings is 1. The fourth-order valence-corrected chi connectivity index (χ4v) is 3.71. The molecule has 2 aliphatic rings. The van der Waals surface area contributed by atoms with Gasteiger partial charge in [0.05, 0.1) is 18.9 Å². The lowest BCUT2D eigenvalue weighted by Gasteiger charge is -2.27. The number of nitrogens with zero attached hydrogens (tertiary/aromatic N) is 4. The highest BCUT2D eigenvalue weighted by Gasteiger charge is 2.19. The zero-order valence-electron chi connectivity index (χ0n) is 15.9. The summed E-state index contributed by atoms with van der Waals surface area (Å²) >= 11 is 0. The molecule has 2 aliphatic heterocycles. The molecule has 1 saturated heterocycles. The van der Waals surface area contributed by atoms with Crippen molar-refractivity contribution in [1.29, 1.82) is 0 Å². The van der Waals surface area contributed by atoms with Gasteiger partial charge in [0.25, 0.3) is 0 Å². The van der Waals surface area contributed by atoms with Gasteiger partial charge in [0.15, 0.2) is 23.0 Å². The lowest BCUT2D eigenvalue weighted by Crippen LogP contribution is -2.37. The Morgan fingerprint density at radius 1 is 1.14 bits per heavy atom. The smallest absolute Gasteiger partial charge is 0.231 e. The molecule has 0 bridgehead atoms. The van der Waals surface area contributed by atoms with Crippen LogP contribution in [0.25, 0.3) is 5.65 Å². The van der Waals surface area contributed by atoms with Crippen LogP contribution in [0.4, 0.5) is 11.6 Å². The topological polar surface area (TPSA) is 73.2 Å². The minimum atomic E-state index is 0.303. The van der Waals surface area contributed by atoms with Gasteiger partial charge in [0.2, 0.25) is 6.79 Å². The van der Waals surface area contributed by atoms with E-state index in [9.17, 15) is 0 Å². The Bertz CT molecular complexity index is 997. The van der Waals surface area contributed by atoms with Gasteiger partial charge in [-0.15, -0.1) is 0 Å². The summed E-state index contributed by atoms with van der Waals surface area (Å²) in [5.74, 6) is 3.56. The second-order valence-electron chi connectivity index (χ2n) is 6.95. The predicted octanol–water partition coefficient (Wildman–Crippen LogP) is 2.26. The molecule has 1 fully saturated rings. The van der Waals surface area contributed by atoms with Crippen molar-refractivity contribution in [2.24, 2.45) is 0 Å². The third-order valence-electron chi connectivity index (χ3n) is 5.15. The van der Waals surface area contributed by atoms with Gasteiger partial charge in [0.1, 0.15) is 5.82 Å². The van der Waals surface area contributed by atoms with Gasteiger partial charge in [-0.25, -0.2) is 9.97 Å². The Morgan fingerprint density at radius 3 is 2.89 bits per heavy atom. The molecule has 0 spiro atoms. The van der Waals surface area contributed by atoms with Crippen LogP contribution in [0.1, 0.15) is 11.3 Å². The lowest BCUT2D eigenvalue weighted by molar-refractivity contribution is 0.122. The van der Waals surface area contributed by atoms with Gasteiger partial charge in [-0.2, -0.15) is 0 Å². The van der Waals surface area contributed by atoms with Crippen LogP contribution in [0.15, 0.2) is 30.6 Å². The van der Waals surface area contributed by atoms with Crippen LogP contribution in [0.3, 0.4) is 0 Å². The molecular formula is C20H23N5O3. The van der Waals surface area contributed by atoms with E-state index >= 15 is 0 Å². The summed E-state index contributed by atoms with van der Waals surface area (Å²) in [5, 5.41) is 3.54. The van der Waals surface area contributed by atoms with Crippen molar-refractivity contribution < 1.29 is 14.2 Å². The van der Waals surface area contributed by atoms with Gasteiger partial charge in [-0.05, 0) is 31.0 Å². The number of anilines is 2. The van der Waals surface area contributed by atoms with E-state index in [4.69, 9.17) is 19.2 Å². The maximum atomic E-state index is 5.46. The van der Waals surface area contributed by atoms with Crippen LogP contribution in [0, 0.1) is 6.92 Å². The van der Waals surface area contributed by atoms with Crippen LogP contribution in [0.2, 0.25) is 0 Å². The van der Waals surface area contributed by atoms with E-state index < -0.39 is 0 Å². The van der Waals surface area contributed by atoms with Crippen molar-refractivity contribution in [3.05, 3.63) is 41.9 Å². The van der Waals surface area contributed by atoms with E-state index in [0.29, 0.717) is 6.79 Å². The van der Waals surface area contributed by atoms with Crippen LogP contribution >= 0.6 is 0 Å². The number of hydrogen-bond donors (Lipinski definition) is 1. The molecule has 0 saturated carbocycles. The standard InChI is InChI=1S/C20H23N5O3/c1-14-18(21-5-4-15-2-3-16-17(12-15)28-13-27-16)25-7-6-22-19(20(25)23-14)24-8-10-26-11-9-24/h2-3,6-7,12,21H,4-5,8-11,13H2,1H3. The van der Waals surface area contributed by atoms with E-state index in [2.05, 4.69) is 25.7 Å². The quantitative estimate of drug-likeness (QED) is 0.727. The van der Waals surface area contributed by atoms with Crippen molar-refractivity contribution in [3.8, 4) is 11.5 Å². The Hall–Kier alpha value is -3.00. The molecule has 2 aromatic heterocycles. The largest absolute Gasteiger partial charge is 0.454 e. The van der Waals surface area contributed by atoms with Crippen LogP contribution in [-0.2, 0) is 11.2 Å². The number of nitrogens with one attached hydrogen (secondary N) is 1. The van der Waals surface area contributed by atoms with E-state index in [-0.39, 0.29) is 0 Å². The SMILES string of the molecule is Cc1nc2c(N3CCOCC3)nccn2c1NCCc1ccc2c(c1)OCO2. The average molecular weight is 381 g/mol. The molecule has 1 aromatic carbocycles. The number of fused-ring (bicyclic) bond motifs is 2. The van der Waals surface area contributed by atoms with Gasteiger partial charge >= 0.3 is 0 Å². The summed E-state index contributed by atoms with van der Waals surface area (Å²) in [6.07, 6.45) is 4.68. The maximum Gasteiger partial charge on any atom is 0.231 e. The number of hydrogen-bond acceptors (Lipinski definition) is 7. The fourth-order valence-electron chi connectivity index (χ4n) is 3.71. The van der Waals surface area contributed by atoms with Gasteiger partial charge in [-0.1, -0.05) is 6.07 Å². The molecule has 146 valence electrons. The number of aryl methyl sites for hydroxylation is 1. The molecule has 8 heteroatoms. The van der Waals surface area contributed by atoms with E-state index in [0.717, 1.165) is 73.7 Å². The average Bonchev–Trinajstić information content (AvgIpc) is 3.32. The minimum absolute atomic E-state index is 0.303. The van der Waals surface area contributed by atoms with Crippen LogP contribution in [-0.4, -0.2) is 54.0 Å². The minimum Gasteiger partial charge on any atom is -0.454 e. The molecular weight excluding hydrogens is 358 g/mol. The highest BCUT2D eigenvalue weighted by Crippen LogP contribution is 2.32. The molecule has 0 aliphatic carbocycles. The first kappa shape index (κ1) is 17.1. The van der Waals surface area contributed by atoms with Crippen LogP contribution in [0.5, 0.6) is 11.5 Å². The zero-order chi connectivity index (χ0) is 18.9. The Balaban J connectivity index is 1.33. The highest BCUT2D eigenvalue weighted by atomic mass is 16.7. The summed E-state index contributed by atoms with van der Waals surface area (Å²) < 4.78 is 18.4. The summed E-state index contributed by atoms with van der Waals surface area (Å²) in [5.41, 5.74) is 3.06. The zero-order valence-corrected chi connectivity index (χ0v) is 15.9. The molecule has 0 radical (unpaired) electrons. The first-order valence-corrected chi connectivity index (χ1v) is 9.58. The van der Waals surface area contributed by atoms with Crippen molar-refractivity contribution in [1.82, 2.24) is 14.4 Å². The first-order chi connectivity index (χ1) is 13.8. The molecule has 3 aromatic rings. The van der Waals surface area contributed by atoms with Gasteiger partial charge in [-0.3, -0.25) is 4.40 Å². The molecule has 1 N–H and O–H groups in total. The van der Waals surface area contributed by atoms with E-state index in [1.165, 1.54) is 5.56 Å². The number of aromatic nitrogens is 3. The predicted molar refractivity (Wildman–Crippen MR) is 106 cm³/mol. The fraction of sp³-hybridized carbons (Fsp3) is 0.400. The highest BCUT2D eigenvalue weighted by molar-refractivity contribution is 5.69. The number of ether oxygens (including phenoxy) is 3. The van der Waals surface area contributed by atoms with Gasteiger partial charge < -0.3 is 24.4 Å². The second kappa shape index (κ2) is 7.20. The Kier molecular flexibility index (Phi) is 4.40. The molecule has 5 rings (SSSR count). The van der Waals surface area contributed by atoms with Crippen molar-refractivity contribution in [2.45, 2.75) is 13.3 Å². The second-order valence-corrected chi connectivity index (χ2v) is 6.95. The van der Waals surface area contributed by atoms with Crippen LogP contribution < -0.4 is 19.7 Å². The molecule has 0 atom stereocenters. The van der Waals surface area contributed by atoms with E-state index in [1.807, 2.05) is 31.5 Å². The van der Waals surface area contributed by atoms with E-state index in [1.54, 1.807) is 0 Å². The molecule has 8 nitrogen and oxygen atoms in total. The number of imidazole rings is 1. The third-order valence-corrected chi connectivity index (χ3v) is 5.15. The lowest BCUT2D eigenvalue weighted by atomic mass is 10.1. The summed E-state index contributed by atoms with van der Waals surface area (Å²) in [4.78, 5) is 11.6. The molecule has 4 heterocycles. The molecule has 0 unspecified atom stereocenters. The first-order valence-electron chi connectivity index (χ1n) is 9.58. The normalized spacial score (nSPS) is 16.0. The molecule has 0 amide bonds. The van der Waals surface area contributed by atoms with Crippen molar-refractivity contribution >= 4 is 17.3 Å². The van der Waals surface area contributed by atoms with Crippen molar-refractivity contribution in [3.63, 3.8) is 0 Å².